The van der Waals surface area contributed by atoms with Crippen LogP contribution in [0.4, 0.5) is 0 Å². The first kappa shape index (κ1) is 23.0. The zero-order chi connectivity index (χ0) is 19.7. The monoisotopic (exact) mass is 410 g/mol. The van der Waals surface area contributed by atoms with Crippen molar-refractivity contribution >= 4 is 18.3 Å². The Bertz CT molecular complexity index is 688. The van der Waals surface area contributed by atoms with Gasteiger partial charge in [0.1, 0.15) is 11.3 Å². The minimum atomic E-state index is -0.874. The molecule has 1 aromatic rings. The molecule has 28 heavy (non-hydrogen) atoms. The van der Waals surface area contributed by atoms with Gasteiger partial charge in [-0.05, 0) is 37.5 Å². The third-order valence-electron chi connectivity index (χ3n) is 7.07. The van der Waals surface area contributed by atoms with Crippen LogP contribution in [0, 0.1) is 5.41 Å². The van der Waals surface area contributed by atoms with E-state index in [9.17, 15) is 4.79 Å². The molecule has 1 aromatic carbocycles. The lowest BCUT2D eigenvalue weighted by Gasteiger charge is -2.57. The second-order valence-electron chi connectivity index (χ2n) is 8.74. The highest BCUT2D eigenvalue weighted by Gasteiger charge is 2.63. The van der Waals surface area contributed by atoms with Crippen molar-refractivity contribution in [2.24, 2.45) is 11.1 Å². The van der Waals surface area contributed by atoms with Crippen LogP contribution in [0.1, 0.15) is 58.4 Å². The summed E-state index contributed by atoms with van der Waals surface area (Å²) >= 11 is 0. The van der Waals surface area contributed by atoms with E-state index in [0.717, 1.165) is 18.6 Å². The zero-order valence-corrected chi connectivity index (χ0v) is 18.4. The number of carbonyl (C=O) groups excluding carboxylic acids is 1. The molecule has 2 atom stereocenters. The third-order valence-corrected chi connectivity index (χ3v) is 7.07. The molecule has 3 rings (SSSR count). The Balaban J connectivity index is 0.00000280. The SMILES string of the molecule is CCOC1CC(N)(C(=O)NCC2(c3cccc(OC)c3)CCCC2)C1(C)C.Cl. The average molecular weight is 411 g/mol. The first-order valence-corrected chi connectivity index (χ1v) is 10.1. The number of methoxy groups -OCH3 is 1. The van der Waals surface area contributed by atoms with Crippen LogP contribution >= 0.6 is 12.4 Å². The van der Waals surface area contributed by atoms with Crippen molar-refractivity contribution < 1.29 is 14.3 Å². The number of halogens is 1. The Morgan fingerprint density at radius 2 is 1.96 bits per heavy atom. The summed E-state index contributed by atoms with van der Waals surface area (Å²) in [6.45, 7) is 7.30. The standard InChI is InChI=1S/C22H34N2O3.ClH/c1-5-27-18-14-22(23,20(18,2)3)19(25)24-15-21(11-6-7-12-21)16-9-8-10-17(13-16)26-4;/h8-10,13,18H,5-7,11-12,14-15,23H2,1-4H3,(H,24,25);1H. The minimum Gasteiger partial charge on any atom is -0.497 e. The number of amides is 1. The molecule has 1 amide bonds. The second kappa shape index (κ2) is 8.60. The number of hydrogen-bond donors (Lipinski definition) is 2. The quantitative estimate of drug-likeness (QED) is 0.720. The number of benzene rings is 1. The Morgan fingerprint density at radius 1 is 1.29 bits per heavy atom. The van der Waals surface area contributed by atoms with Gasteiger partial charge in [-0.15, -0.1) is 12.4 Å². The third kappa shape index (κ3) is 3.77. The fourth-order valence-corrected chi connectivity index (χ4v) is 4.80. The molecule has 158 valence electrons. The van der Waals surface area contributed by atoms with Crippen LogP contribution in [0.2, 0.25) is 0 Å². The molecule has 6 heteroatoms. The van der Waals surface area contributed by atoms with E-state index in [1.54, 1.807) is 7.11 Å². The van der Waals surface area contributed by atoms with Gasteiger partial charge < -0.3 is 20.5 Å². The molecule has 3 N–H and O–H groups in total. The number of nitrogens with two attached hydrogens (primary N) is 1. The molecule has 2 saturated carbocycles. The highest BCUT2D eigenvalue weighted by molar-refractivity contribution is 5.89. The molecule has 0 aromatic heterocycles. The summed E-state index contributed by atoms with van der Waals surface area (Å²) < 4.78 is 11.2. The van der Waals surface area contributed by atoms with Gasteiger partial charge in [-0.25, -0.2) is 0 Å². The highest BCUT2D eigenvalue weighted by Crippen LogP contribution is 2.50. The molecular weight excluding hydrogens is 376 g/mol. The summed E-state index contributed by atoms with van der Waals surface area (Å²) in [5.74, 6) is 0.803. The Kier molecular flexibility index (Phi) is 7.06. The minimum absolute atomic E-state index is 0. The van der Waals surface area contributed by atoms with E-state index in [1.165, 1.54) is 18.4 Å². The van der Waals surface area contributed by atoms with Crippen molar-refractivity contribution in [1.82, 2.24) is 5.32 Å². The number of carbonyl (C=O) groups is 1. The lowest BCUT2D eigenvalue weighted by Crippen LogP contribution is -2.76. The van der Waals surface area contributed by atoms with Gasteiger partial charge in [0, 0.05) is 30.4 Å². The van der Waals surface area contributed by atoms with E-state index in [0.29, 0.717) is 19.6 Å². The summed E-state index contributed by atoms with van der Waals surface area (Å²) in [6.07, 6.45) is 5.12. The largest absolute Gasteiger partial charge is 0.497 e. The van der Waals surface area contributed by atoms with Crippen molar-refractivity contribution in [1.29, 1.82) is 0 Å². The molecular formula is C22H35ClN2O3. The van der Waals surface area contributed by atoms with E-state index in [4.69, 9.17) is 15.2 Å². The Morgan fingerprint density at radius 3 is 2.54 bits per heavy atom. The van der Waals surface area contributed by atoms with Gasteiger partial charge in [0.25, 0.3) is 0 Å². The Labute approximate surface area is 175 Å². The maximum atomic E-state index is 13.0. The molecule has 0 spiro atoms. The lowest BCUT2D eigenvalue weighted by atomic mass is 9.54. The molecule has 0 radical (unpaired) electrons. The van der Waals surface area contributed by atoms with E-state index < -0.39 is 5.54 Å². The summed E-state index contributed by atoms with van der Waals surface area (Å²) in [6, 6.07) is 8.25. The lowest BCUT2D eigenvalue weighted by molar-refractivity contribution is -0.170. The average Bonchev–Trinajstić information content (AvgIpc) is 3.16. The summed E-state index contributed by atoms with van der Waals surface area (Å²) in [7, 11) is 1.69. The zero-order valence-electron chi connectivity index (χ0n) is 17.5. The molecule has 2 aliphatic carbocycles. The summed E-state index contributed by atoms with van der Waals surface area (Å²) in [5.41, 5.74) is 6.51. The smallest absolute Gasteiger partial charge is 0.240 e. The van der Waals surface area contributed by atoms with Crippen molar-refractivity contribution in [3.05, 3.63) is 29.8 Å². The van der Waals surface area contributed by atoms with Crippen LogP contribution < -0.4 is 15.8 Å². The van der Waals surface area contributed by atoms with Crippen LogP contribution in [0.15, 0.2) is 24.3 Å². The van der Waals surface area contributed by atoms with Gasteiger partial charge in [0.2, 0.25) is 5.91 Å². The first-order chi connectivity index (χ1) is 12.8. The Hall–Kier alpha value is -1.30. The van der Waals surface area contributed by atoms with Gasteiger partial charge in [-0.3, -0.25) is 4.79 Å². The second-order valence-corrected chi connectivity index (χ2v) is 8.74. The van der Waals surface area contributed by atoms with Crippen LogP contribution in [0.25, 0.3) is 0 Å². The molecule has 0 bridgehead atoms. The molecule has 2 fully saturated rings. The molecule has 0 saturated heterocycles. The molecule has 5 nitrogen and oxygen atoms in total. The van der Waals surface area contributed by atoms with Crippen molar-refractivity contribution in [2.45, 2.75) is 69.9 Å². The van der Waals surface area contributed by atoms with Crippen LogP contribution in [0.3, 0.4) is 0 Å². The summed E-state index contributed by atoms with van der Waals surface area (Å²) in [4.78, 5) is 13.0. The van der Waals surface area contributed by atoms with Crippen LogP contribution in [0.5, 0.6) is 5.75 Å². The van der Waals surface area contributed by atoms with Crippen molar-refractivity contribution in [3.63, 3.8) is 0 Å². The van der Waals surface area contributed by atoms with Gasteiger partial charge in [-0.1, -0.05) is 38.8 Å². The van der Waals surface area contributed by atoms with Crippen molar-refractivity contribution in [3.8, 4) is 5.75 Å². The number of rotatable bonds is 7. The van der Waals surface area contributed by atoms with Crippen LogP contribution in [-0.4, -0.2) is 37.8 Å². The van der Waals surface area contributed by atoms with E-state index >= 15 is 0 Å². The van der Waals surface area contributed by atoms with Crippen molar-refractivity contribution in [2.75, 3.05) is 20.3 Å². The van der Waals surface area contributed by atoms with E-state index in [1.807, 2.05) is 32.9 Å². The predicted molar refractivity (Wildman–Crippen MR) is 114 cm³/mol. The van der Waals surface area contributed by atoms with Gasteiger partial charge in [-0.2, -0.15) is 0 Å². The number of ether oxygens (including phenoxy) is 2. The predicted octanol–water partition coefficient (Wildman–Crippen LogP) is 3.58. The maximum Gasteiger partial charge on any atom is 0.240 e. The maximum absolute atomic E-state index is 13.0. The first-order valence-electron chi connectivity index (χ1n) is 10.1. The fourth-order valence-electron chi connectivity index (χ4n) is 4.80. The molecule has 0 heterocycles. The van der Waals surface area contributed by atoms with E-state index in [2.05, 4.69) is 17.4 Å². The highest BCUT2D eigenvalue weighted by atomic mass is 35.5. The fraction of sp³-hybridized carbons (Fsp3) is 0.682. The van der Waals surface area contributed by atoms with Crippen LogP contribution in [-0.2, 0) is 14.9 Å². The molecule has 0 aliphatic heterocycles. The van der Waals surface area contributed by atoms with Gasteiger partial charge in [0.15, 0.2) is 0 Å². The normalized spacial score (nSPS) is 27.4. The van der Waals surface area contributed by atoms with E-state index in [-0.39, 0.29) is 35.2 Å². The topological polar surface area (TPSA) is 73.6 Å². The molecule has 2 aliphatic rings. The number of nitrogens with one attached hydrogen (secondary N) is 1. The van der Waals surface area contributed by atoms with Gasteiger partial charge in [0.05, 0.1) is 13.2 Å². The number of hydrogen-bond acceptors (Lipinski definition) is 4. The molecule has 2 unspecified atom stereocenters. The van der Waals surface area contributed by atoms with Gasteiger partial charge >= 0.3 is 0 Å². The summed E-state index contributed by atoms with van der Waals surface area (Å²) in [5, 5.41) is 3.20.